The summed E-state index contributed by atoms with van der Waals surface area (Å²) in [6.07, 6.45) is 1.33. The fourth-order valence-electron chi connectivity index (χ4n) is 2.66. The number of carbonyl (C=O) groups excluding carboxylic acids is 1. The number of likely N-dealkylation sites (N-methyl/N-ethyl adjacent to an activating group) is 1. The van der Waals surface area contributed by atoms with Gasteiger partial charge in [0.05, 0.1) is 12.2 Å². The van der Waals surface area contributed by atoms with E-state index in [0.29, 0.717) is 19.6 Å². The Hall–Kier alpha value is -1.55. The minimum Gasteiger partial charge on any atom is -0.493 e. The van der Waals surface area contributed by atoms with Crippen LogP contribution in [-0.2, 0) is 4.79 Å². The fourth-order valence-corrected chi connectivity index (χ4v) is 2.66. The molecule has 4 nitrogen and oxygen atoms in total. The molecule has 1 aliphatic heterocycles. The quantitative estimate of drug-likeness (QED) is 0.917. The SMILES string of the molecule is CN(CC(C)(C)O)C(=O)CC1CCOc2ccccc21. The lowest BCUT2D eigenvalue weighted by molar-refractivity contribution is -0.133. The standard InChI is InChI=1S/C16H23NO3/c1-16(2,19)11-17(3)15(18)10-12-8-9-20-14-7-5-4-6-13(12)14/h4-7,12,19H,8-11H2,1-3H3. The highest BCUT2D eigenvalue weighted by atomic mass is 16.5. The molecule has 0 aliphatic carbocycles. The topological polar surface area (TPSA) is 49.8 Å². The van der Waals surface area contributed by atoms with E-state index in [2.05, 4.69) is 0 Å². The van der Waals surface area contributed by atoms with Gasteiger partial charge in [0, 0.05) is 20.0 Å². The van der Waals surface area contributed by atoms with E-state index in [4.69, 9.17) is 4.74 Å². The number of rotatable bonds is 4. The summed E-state index contributed by atoms with van der Waals surface area (Å²) in [6.45, 7) is 4.42. The molecule has 1 heterocycles. The third kappa shape index (κ3) is 3.73. The number of para-hydroxylation sites is 1. The molecule has 1 aromatic carbocycles. The number of ether oxygens (including phenoxy) is 1. The van der Waals surface area contributed by atoms with Gasteiger partial charge in [-0.15, -0.1) is 0 Å². The Balaban J connectivity index is 2.02. The molecule has 0 spiro atoms. The summed E-state index contributed by atoms with van der Waals surface area (Å²) >= 11 is 0. The van der Waals surface area contributed by atoms with E-state index < -0.39 is 5.60 Å². The number of aliphatic hydroxyl groups is 1. The molecule has 0 aromatic heterocycles. The number of carbonyl (C=O) groups is 1. The van der Waals surface area contributed by atoms with E-state index in [1.165, 1.54) is 0 Å². The van der Waals surface area contributed by atoms with Crippen LogP contribution >= 0.6 is 0 Å². The molecule has 1 atom stereocenters. The average molecular weight is 277 g/mol. The smallest absolute Gasteiger partial charge is 0.223 e. The summed E-state index contributed by atoms with van der Waals surface area (Å²) in [6, 6.07) is 7.91. The molecular weight excluding hydrogens is 254 g/mol. The summed E-state index contributed by atoms with van der Waals surface area (Å²) < 4.78 is 5.61. The van der Waals surface area contributed by atoms with Crippen molar-refractivity contribution in [3.05, 3.63) is 29.8 Å². The first-order valence-electron chi connectivity index (χ1n) is 7.05. The molecule has 4 heteroatoms. The average Bonchev–Trinajstić information content (AvgIpc) is 2.37. The Morgan fingerprint density at radius 3 is 2.85 bits per heavy atom. The number of hydrogen-bond acceptors (Lipinski definition) is 3. The van der Waals surface area contributed by atoms with Crippen molar-refractivity contribution in [2.45, 2.75) is 38.2 Å². The molecule has 1 amide bonds. The molecule has 20 heavy (non-hydrogen) atoms. The molecule has 110 valence electrons. The van der Waals surface area contributed by atoms with E-state index in [-0.39, 0.29) is 11.8 Å². The first-order chi connectivity index (χ1) is 9.37. The molecule has 1 N–H and O–H groups in total. The Bertz CT molecular complexity index is 479. The van der Waals surface area contributed by atoms with Gasteiger partial charge >= 0.3 is 0 Å². The van der Waals surface area contributed by atoms with Crippen molar-refractivity contribution in [2.75, 3.05) is 20.2 Å². The molecule has 0 bridgehead atoms. The van der Waals surface area contributed by atoms with Crippen LogP contribution < -0.4 is 4.74 Å². The number of benzene rings is 1. The zero-order valence-corrected chi connectivity index (χ0v) is 12.4. The Morgan fingerprint density at radius 1 is 1.45 bits per heavy atom. The van der Waals surface area contributed by atoms with Crippen LogP contribution in [0.1, 0.15) is 38.2 Å². The van der Waals surface area contributed by atoms with Crippen molar-refractivity contribution in [1.29, 1.82) is 0 Å². The first kappa shape index (κ1) is 14.9. The maximum absolute atomic E-state index is 12.3. The van der Waals surface area contributed by atoms with Gasteiger partial charge in [-0.3, -0.25) is 4.79 Å². The molecule has 1 unspecified atom stereocenters. The summed E-state index contributed by atoms with van der Waals surface area (Å²) in [5.41, 5.74) is 0.251. The van der Waals surface area contributed by atoms with Crippen LogP contribution in [0.15, 0.2) is 24.3 Å². The molecule has 2 rings (SSSR count). The van der Waals surface area contributed by atoms with Crippen LogP contribution in [0.25, 0.3) is 0 Å². The first-order valence-corrected chi connectivity index (χ1v) is 7.05. The number of nitrogens with zero attached hydrogens (tertiary/aromatic N) is 1. The highest BCUT2D eigenvalue weighted by Crippen LogP contribution is 2.35. The van der Waals surface area contributed by atoms with Crippen LogP contribution in [0.3, 0.4) is 0 Å². The zero-order chi connectivity index (χ0) is 14.8. The van der Waals surface area contributed by atoms with Crippen LogP contribution in [0, 0.1) is 0 Å². The van der Waals surface area contributed by atoms with Crippen LogP contribution in [-0.4, -0.2) is 41.7 Å². The van der Waals surface area contributed by atoms with E-state index in [1.54, 1.807) is 25.8 Å². The normalized spacial score (nSPS) is 18.1. The molecule has 1 aromatic rings. The van der Waals surface area contributed by atoms with Crippen molar-refractivity contribution in [3.8, 4) is 5.75 Å². The largest absolute Gasteiger partial charge is 0.493 e. The van der Waals surface area contributed by atoms with E-state index >= 15 is 0 Å². The summed E-state index contributed by atoms with van der Waals surface area (Å²) in [7, 11) is 1.74. The highest BCUT2D eigenvalue weighted by Gasteiger charge is 2.26. The second-order valence-corrected chi connectivity index (χ2v) is 6.14. The molecule has 0 saturated carbocycles. The predicted octanol–water partition coefficient (Wildman–Crippen LogP) is 2.17. The van der Waals surface area contributed by atoms with E-state index in [0.717, 1.165) is 17.7 Å². The predicted molar refractivity (Wildman–Crippen MR) is 77.8 cm³/mol. The third-order valence-electron chi connectivity index (χ3n) is 3.55. The van der Waals surface area contributed by atoms with Gasteiger partial charge in [0.1, 0.15) is 5.75 Å². The van der Waals surface area contributed by atoms with Gasteiger partial charge in [0.15, 0.2) is 0 Å². The van der Waals surface area contributed by atoms with Gasteiger partial charge in [0.25, 0.3) is 0 Å². The second-order valence-electron chi connectivity index (χ2n) is 6.14. The second kappa shape index (κ2) is 5.83. The molecule has 0 radical (unpaired) electrons. The minimum absolute atomic E-state index is 0.0637. The molecule has 0 saturated heterocycles. The van der Waals surface area contributed by atoms with Crippen molar-refractivity contribution >= 4 is 5.91 Å². The van der Waals surface area contributed by atoms with E-state index in [9.17, 15) is 9.90 Å². The monoisotopic (exact) mass is 277 g/mol. The third-order valence-corrected chi connectivity index (χ3v) is 3.55. The van der Waals surface area contributed by atoms with Gasteiger partial charge < -0.3 is 14.7 Å². The lowest BCUT2D eigenvalue weighted by Gasteiger charge is -2.29. The molecular formula is C16H23NO3. The highest BCUT2D eigenvalue weighted by molar-refractivity contribution is 5.77. The molecule has 1 aliphatic rings. The number of amides is 1. The van der Waals surface area contributed by atoms with Gasteiger partial charge in [-0.1, -0.05) is 18.2 Å². The van der Waals surface area contributed by atoms with Gasteiger partial charge in [-0.05, 0) is 37.8 Å². The maximum Gasteiger partial charge on any atom is 0.223 e. The summed E-state index contributed by atoms with van der Waals surface area (Å²) in [5, 5.41) is 9.79. The van der Waals surface area contributed by atoms with Crippen molar-refractivity contribution in [1.82, 2.24) is 4.90 Å². The Labute approximate surface area is 120 Å². The van der Waals surface area contributed by atoms with Crippen LogP contribution in [0.2, 0.25) is 0 Å². The zero-order valence-electron chi connectivity index (χ0n) is 12.4. The summed E-state index contributed by atoms with van der Waals surface area (Å²) in [5.74, 6) is 1.16. The van der Waals surface area contributed by atoms with Gasteiger partial charge in [-0.2, -0.15) is 0 Å². The Kier molecular flexibility index (Phi) is 4.33. The maximum atomic E-state index is 12.3. The minimum atomic E-state index is -0.863. The lowest BCUT2D eigenvalue weighted by Crippen LogP contribution is -2.40. The van der Waals surface area contributed by atoms with Gasteiger partial charge in [0.2, 0.25) is 5.91 Å². The van der Waals surface area contributed by atoms with Crippen LogP contribution in [0.5, 0.6) is 5.75 Å². The number of hydrogen-bond donors (Lipinski definition) is 1. The van der Waals surface area contributed by atoms with E-state index in [1.807, 2.05) is 24.3 Å². The van der Waals surface area contributed by atoms with Gasteiger partial charge in [-0.25, -0.2) is 0 Å². The van der Waals surface area contributed by atoms with Crippen molar-refractivity contribution < 1.29 is 14.6 Å². The fraction of sp³-hybridized carbons (Fsp3) is 0.562. The summed E-state index contributed by atoms with van der Waals surface area (Å²) in [4.78, 5) is 13.9. The van der Waals surface area contributed by atoms with Crippen LogP contribution in [0.4, 0.5) is 0 Å². The number of fused-ring (bicyclic) bond motifs is 1. The van der Waals surface area contributed by atoms with Crippen molar-refractivity contribution in [2.24, 2.45) is 0 Å². The lowest BCUT2D eigenvalue weighted by atomic mass is 9.90. The Morgan fingerprint density at radius 2 is 2.15 bits per heavy atom. The van der Waals surface area contributed by atoms with Crippen molar-refractivity contribution in [3.63, 3.8) is 0 Å². The molecule has 0 fully saturated rings.